The summed E-state index contributed by atoms with van der Waals surface area (Å²) in [6.45, 7) is 5.30. The maximum Gasteiger partial charge on any atom is 0.318 e. The van der Waals surface area contributed by atoms with Crippen LogP contribution in [0.25, 0.3) is 0 Å². The molecule has 1 aromatic heterocycles. The molecule has 10 heteroatoms. The molecule has 3 N–H and O–H groups in total. The molecule has 42 heavy (non-hydrogen) atoms. The van der Waals surface area contributed by atoms with Gasteiger partial charge in [0, 0.05) is 50.4 Å². The quantitative estimate of drug-likeness (QED) is 0.335. The third kappa shape index (κ3) is 7.25. The molecular formula is C32H47N5O5. The molecule has 0 spiro atoms. The first kappa shape index (κ1) is 31.4. The Morgan fingerprint density at radius 1 is 1.19 bits per heavy atom. The Balaban J connectivity index is 1.53. The zero-order valence-electron chi connectivity index (χ0n) is 25.3. The summed E-state index contributed by atoms with van der Waals surface area (Å²) in [4.78, 5) is 51.2. The Morgan fingerprint density at radius 2 is 1.93 bits per heavy atom. The summed E-state index contributed by atoms with van der Waals surface area (Å²) in [7, 11) is 1.61. The number of carbonyl (C=O) groups is 3. The number of carboxylic acids is 1. The molecule has 3 unspecified atom stereocenters. The standard InChI is InChI=1S/C32H47N5O5/c1-4-26-20-32(30(39)40,24-9-7-6-8-10-24)16-18-37(26)29(38)28(19-23-11-13-27(42-3)14-12-23)35-31(41)36(5-2)17-15-25-21-33-22-34-25/h11-14,21-22,24,26,28H,4-10,15-20H2,1-3H3,(H,33,34)(H,35,41)(H,39,40). The van der Waals surface area contributed by atoms with Crippen LogP contribution >= 0.6 is 0 Å². The summed E-state index contributed by atoms with van der Waals surface area (Å²) >= 11 is 0. The van der Waals surface area contributed by atoms with E-state index >= 15 is 0 Å². The second-order valence-electron chi connectivity index (χ2n) is 11.8. The van der Waals surface area contributed by atoms with Crippen LogP contribution in [0, 0.1) is 11.3 Å². The molecular weight excluding hydrogens is 534 g/mol. The second-order valence-corrected chi connectivity index (χ2v) is 11.8. The second kappa shape index (κ2) is 14.6. The van der Waals surface area contributed by atoms with Crippen LogP contribution in [0.5, 0.6) is 5.75 Å². The van der Waals surface area contributed by atoms with E-state index < -0.39 is 17.4 Å². The van der Waals surface area contributed by atoms with Crippen molar-refractivity contribution in [2.45, 2.75) is 90.1 Å². The highest BCUT2D eigenvalue weighted by atomic mass is 16.5. The number of nitrogens with one attached hydrogen (secondary N) is 2. The number of ether oxygens (including phenoxy) is 1. The van der Waals surface area contributed by atoms with Crippen molar-refractivity contribution in [3.8, 4) is 5.75 Å². The molecule has 3 amide bonds. The van der Waals surface area contributed by atoms with Gasteiger partial charge in [0.05, 0.1) is 18.9 Å². The average Bonchev–Trinajstić information content (AvgIpc) is 3.55. The number of methoxy groups -OCH3 is 1. The number of H-pyrrole nitrogens is 1. The van der Waals surface area contributed by atoms with Gasteiger partial charge in [0.15, 0.2) is 0 Å². The highest BCUT2D eigenvalue weighted by molar-refractivity contribution is 5.88. The van der Waals surface area contributed by atoms with E-state index in [4.69, 9.17) is 4.74 Å². The summed E-state index contributed by atoms with van der Waals surface area (Å²) in [5.41, 5.74) is 1.05. The first-order valence-corrected chi connectivity index (χ1v) is 15.5. The smallest absolute Gasteiger partial charge is 0.318 e. The van der Waals surface area contributed by atoms with Gasteiger partial charge in [0.1, 0.15) is 11.8 Å². The number of imidazole rings is 1. The molecule has 1 aromatic carbocycles. The van der Waals surface area contributed by atoms with Crippen LogP contribution in [0.1, 0.15) is 76.5 Å². The van der Waals surface area contributed by atoms with Crippen LogP contribution in [0.4, 0.5) is 4.79 Å². The molecule has 4 rings (SSSR count). The van der Waals surface area contributed by atoms with E-state index in [0.717, 1.165) is 49.1 Å². The fraction of sp³-hybridized carbons (Fsp3) is 0.625. The van der Waals surface area contributed by atoms with Crippen molar-refractivity contribution in [3.63, 3.8) is 0 Å². The summed E-state index contributed by atoms with van der Waals surface area (Å²) in [6, 6.07) is 6.25. The number of carbonyl (C=O) groups excluding carboxylic acids is 2. The molecule has 0 bridgehead atoms. The lowest BCUT2D eigenvalue weighted by atomic mass is 9.62. The van der Waals surface area contributed by atoms with E-state index in [-0.39, 0.29) is 23.9 Å². The van der Waals surface area contributed by atoms with Crippen molar-refractivity contribution in [1.29, 1.82) is 0 Å². The normalized spacial score (nSPS) is 21.9. The van der Waals surface area contributed by atoms with Crippen LogP contribution in [0.2, 0.25) is 0 Å². The highest BCUT2D eigenvalue weighted by Gasteiger charge is 2.51. The maximum absolute atomic E-state index is 14.3. The van der Waals surface area contributed by atoms with Gasteiger partial charge >= 0.3 is 12.0 Å². The van der Waals surface area contributed by atoms with Gasteiger partial charge in [-0.25, -0.2) is 9.78 Å². The third-order valence-corrected chi connectivity index (χ3v) is 9.48. The lowest BCUT2D eigenvalue weighted by Gasteiger charge is -2.49. The largest absolute Gasteiger partial charge is 0.497 e. The molecule has 1 aliphatic carbocycles. The molecule has 230 valence electrons. The van der Waals surface area contributed by atoms with E-state index in [1.807, 2.05) is 43.0 Å². The SMILES string of the molecule is CCC1CC(C(=O)O)(C2CCCCC2)CCN1C(=O)C(Cc1ccc(OC)cc1)NC(=O)N(CC)CCc1cnc[nH]1. The number of piperidine rings is 1. The Bertz CT molecular complexity index is 1160. The maximum atomic E-state index is 14.3. The Labute approximate surface area is 249 Å². The number of nitrogens with zero attached hydrogens (tertiary/aromatic N) is 3. The molecule has 0 radical (unpaired) electrons. The van der Waals surface area contributed by atoms with E-state index in [2.05, 4.69) is 15.3 Å². The molecule has 3 atom stereocenters. The van der Waals surface area contributed by atoms with Crippen LogP contribution in [0.15, 0.2) is 36.8 Å². The molecule has 1 aliphatic heterocycles. The molecule has 2 aliphatic rings. The highest BCUT2D eigenvalue weighted by Crippen LogP contribution is 2.48. The fourth-order valence-corrected chi connectivity index (χ4v) is 6.90. The van der Waals surface area contributed by atoms with Crippen molar-refractivity contribution in [3.05, 3.63) is 48.0 Å². The van der Waals surface area contributed by atoms with Gasteiger partial charge in [-0.2, -0.15) is 0 Å². The number of likely N-dealkylation sites (tertiary alicyclic amines) is 1. The minimum Gasteiger partial charge on any atom is -0.497 e. The molecule has 1 saturated carbocycles. The molecule has 2 fully saturated rings. The van der Waals surface area contributed by atoms with E-state index in [1.165, 1.54) is 0 Å². The third-order valence-electron chi connectivity index (χ3n) is 9.48. The van der Waals surface area contributed by atoms with Crippen LogP contribution in [0.3, 0.4) is 0 Å². The number of aliphatic carboxylic acids is 1. The van der Waals surface area contributed by atoms with Gasteiger partial charge in [-0.3, -0.25) is 9.59 Å². The zero-order valence-corrected chi connectivity index (χ0v) is 25.3. The van der Waals surface area contributed by atoms with Gasteiger partial charge in [-0.1, -0.05) is 38.3 Å². The number of hydrogen-bond acceptors (Lipinski definition) is 5. The Hall–Kier alpha value is -3.56. The Morgan fingerprint density at radius 3 is 2.52 bits per heavy atom. The van der Waals surface area contributed by atoms with Crippen molar-refractivity contribution in [2.24, 2.45) is 11.3 Å². The molecule has 2 heterocycles. The summed E-state index contributed by atoms with van der Waals surface area (Å²) in [5.74, 6) is -0.00794. The van der Waals surface area contributed by atoms with Gasteiger partial charge < -0.3 is 29.9 Å². The number of benzene rings is 1. The predicted octanol–water partition coefficient (Wildman–Crippen LogP) is 4.66. The molecule has 1 saturated heterocycles. The van der Waals surface area contributed by atoms with E-state index in [1.54, 1.807) is 24.5 Å². The van der Waals surface area contributed by atoms with Crippen molar-refractivity contribution >= 4 is 17.9 Å². The number of rotatable bonds is 12. The lowest BCUT2D eigenvalue weighted by molar-refractivity contribution is -0.163. The van der Waals surface area contributed by atoms with Crippen molar-refractivity contribution in [2.75, 3.05) is 26.7 Å². The number of carboxylic acid groups (broad SMARTS) is 1. The monoisotopic (exact) mass is 581 g/mol. The fourth-order valence-electron chi connectivity index (χ4n) is 6.90. The Kier molecular flexibility index (Phi) is 10.9. The predicted molar refractivity (Wildman–Crippen MR) is 160 cm³/mol. The van der Waals surface area contributed by atoms with Gasteiger partial charge in [-0.05, 0) is 62.6 Å². The number of aromatic amines is 1. The number of aromatic nitrogens is 2. The first-order valence-electron chi connectivity index (χ1n) is 15.5. The minimum atomic E-state index is -0.793. The zero-order chi connectivity index (χ0) is 30.1. The number of hydrogen-bond donors (Lipinski definition) is 3. The number of amides is 3. The van der Waals surface area contributed by atoms with Gasteiger partial charge in [0.25, 0.3) is 0 Å². The van der Waals surface area contributed by atoms with Gasteiger partial charge in [0.2, 0.25) is 5.91 Å². The first-order chi connectivity index (χ1) is 20.3. The number of urea groups is 1. The molecule has 2 aromatic rings. The van der Waals surface area contributed by atoms with Crippen molar-refractivity contribution < 1.29 is 24.2 Å². The average molecular weight is 582 g/mol. The van der Waals surface area contributed by atoms with E-state index in [0.29, 0.717) is 51.7 Å². The van der Waals surface area contributed by atoms with E-state index in [9.17, 15) is 19.5 Å². The van der Waals surface area contributed by atoms with Gasteiger partial charge in [-0.15, -0.1) is 0 Å². The topological polar surface area (TPSA) is 128 Å². The molecule has 10 nitrogen and oxygen atoms in total. The summed E-state index contributed by atoms with van der Waals surface area (Å²) in [5, 5.41) is 13.5. The number of likely N-dealkylation sites (N-methyl/N-ethyl adjacent to an activating group) is 1. The van der Waals surface area contributed by atoms with Crippen LogP contribution in [-0.2, 0) is 22.4 Å². The van der Waals surface area contributed by atoms with Crippen LogP contribution < -0.4 is 10.1 Å². The van der Waals surface area contributed by atoms with Crippen LogP contribution in [-0.4, -0.2) is 81.6 Å². The van der Waals surface area contributed by atoms with Crippen molar-refractivity contribution in [1.82, 2.24) is 25.1 Å². The minimum absolute atomic E-state index is 0.151. The lowest BCUT2D eigenvalue weighted by Crippen LogP contribution is -2.60. The summed E-state index contributed by atoms with van der Waals surface area (Å²) < 4.78 is 5.30. The summed E-state index contributed by atoms with van der Waals surface area (Å²) in [6.07, 6.45) is 11.1.